The lowest BCUT2D eigenvalue weighted by atomic mass is 10.0. The molecule has 0 saturated carbocycles. The molecule has 0 unspecified atom stereocenters. The molecular weight excluding hydrogens is 336 g/mol. The van der Waals surface area contributed by atoms with Gasteiger partial charge in [-0.3, -0.25) is 4.79 Å². The van der Waals surface area contributed by atoms with Gasteiger partial charge in [-0.1, -0.05) is 0 Å². The van der Waals surface area contributed by atoms with Gasteiger partial charge in [0.1, 0.15) is 0 Å². The molecule has 0 aliphatic heterocycles. The van der Waals surface area contributed by atoms with Crippen molar-refractivity contribution in [3.05, 3.63) is 32.4 Å². The number of hydrogen-bond donors (Lipinski definition) is 1. The molecule has 2 N–H and O–H groups in total. The molecule has 0 bridgehead atoms. The van der Waals surface area contributed by atoms with Gasteiger partial charge in [-0.2, -0.15) is 18.4 Å². The predicted octanol–water partition coefficient (Wildman–Crippen LogP) is 2.28. The minimum Gasteiger partial charge on any atom is -0.366 e. The number of benzene rings is 1. The third-order valence-electron chi connectivity index (χ3n) is 1.80. The number of amides is 1. The Morgan fingerprint density at radius 3 is 2.38 bits per heavy atom. The van der Waals surface area contributed by atoms with Crippen molar-refractivity contribution in [2.24, 2.45) is 5.73 Å². The SMILES string of the molecule is N#Cc1ccc(I)c(C(F)(F)F)c1C(N)=O. The minimum absolute atomic E-state index is 0.169. The molecule has 3 nitrogen and oxygen atoms in total. The van der Waals surface area contributed by atoms with E-state index in [1.165, 1.54) is 28.7 Å². The highest BCUT2D eigenvalue weighted by atomic mass is 127. The summed E-state index contributed by atoms with van der Waals surface area (Å²) in [6.45, 7) is 0. The highest BCUT2D eigenvalue weighted by Gasteiger charge is 2.38. The van der Waals surface area contributed by atoms with Gasteiger partial charge in [-0.05, 0) is 34.7 Å². The third-order valence-corrected chi connectivity index (χ3v) is 2.70. The van der Waals surface area contributed by atoms with Gasteiger partial charge < -0.3 is 5.73 Å². The zero-order valence-corrected chi connectivity index (χ0v) is 9.76. The van der Waals surface area contributed by atoms with Crippen LogP contribution in [0.1, 0.15) is 21.5 Å². The zero-order valence-electron chi connectivity index (χ0n) is 7.60. The molecule has 0 aliphatic carbocycles. The third kappa shape index (κ3) is 2.27. The average molecular weight is 340 g/mol. The second-order valence-electron chi connectivity index (χ2n) is 2.82. The van der Waals surface area contributed by atoms with Crippen molar-refractivity contribution in [2.75, 3.05) is 0 Å². The minimum atomic E-state index is -4.71. The molecule has 0 heterocycles. The van der Waals surface area contributed by atoms with Crippen LogP contribution in [-0.2, 0) is 6.18 Å². The summed E-state index contributed by atoms with van der Waals surface area (Å²) in [5.74, 6) is -1.26. The molecule has 0 aromatic heterocycles. The smallest absolute Gasteiger partial charge is 0.366 e. The quantitative estimate of drug-likeness (QED) is 0.797. The number of nitrogens with zero attached hydrogens (tertiary/aromatic N) is 1. The van der Waals surface area contributed by atoms with Crippen LogP contribution in [0.2, 0.25) is 0 Å². The van der Waals surface area contributed by atoms with E-state index in [0.29, 0.717) is 0 Å². The summed E-state index contributed by atoms with van der Waals surface area (Å²) in [6.07, 6.45) is -4.71. The first-order chi connectivity index (χ1) is 7.29. The second-order valence-corrected chi connectivity index (χ2v) is 3.98. The molecule has 0 radical (unpaired) electrons. The molecule has 0 fully saturated rings. The molecule has 1 amide bonds. The van der Waals surface area contributed by atoms with E-state index >= 15 is 0 Å². The number of halogens is 4. The van der Waals surface area contributed by atoms with Crippen LogP contribution in [0.3, 0.4) is 0 Å². The van der Waals surface area contributed by atoms with E-state index < -0.39 is 23.2 Å². The summed E-state index contributed by atoms with van der Waals surface area (Å²) in [5.41, 5.74) is 2.56. The molecule has 0 spiro atoms. The summed E-state index contributed by atoms with van der Waals surface area (Å²) in [5, 5.41) is 8.62. The van der Waals surface area contributed by atoms with Crippen molar-refractivity contribution in [3.63, 3.8) is 0 Å². The normalized spacial score (nSPS) is 10.9. The number of nitrogens with two attached hydrogens (primary N) is 1. The molecule has 1 rings (SSSR count). The molecule has 0 atom stereocenters. The fourth-order valence-corrected chi connectivity index (χ4v) is 1.96. The molecule has 0 aliphatic rings. The van der Waals surface area contributed by atoms with Crippen LogP contribution >= 0.6 is 22.6 Å². The number of carbonyl (C=O) groups is 1. The Bertz CT molecular complexity index is 491. The first-order valence-corrected chi connectivity index (χ1v) is 4.96. The standard InChI is InChI=1S/C9H4F3IN2O/c10-9(11,12)7-5(13)2-1-4(3-14)6(7)8(15)16/h1-2H,(H2,15,16). The van der Waals surface area contributed by atoms with Crippen LogP contribution in [0.4, 0.5) is 13.2 Å². The monoisotopic (exact) mass is 340 g/mol. The van der Waals surface area contributed by atoms with Crippen LogP contribution in [0.5, 0.6) is 0 Å². The molecule has 84 valence electrons. The van der Waals surface area contributed by atoms with Gasteiger partial charge in [0.25, 0.3) is 5.91 Å². The molecule has 1 aromatic carbocycles. The van der Waals surface area contributed by atoms with Gasteiger partial charge in [0, 0.05) is 3.57 Å². The molecule has 0 saturated heterocycles. The fourth-order valence-electron chi connectivity index (χ4n) is 1.20. The number of rotatable bonds is 1. The highest BCUT2D eigenvalue weighted by Crippen LogP contribution is 2.36. The average Bonchev–Trinajstić information content (AvgIpc) is 2.15. The highest BCUT2D eigenvalue weighted by molar-refractivity contribution is 14.1. The lowest BCUT2D eigenvalue weighted by molar-refractivity contribution is -0.138. The maximum absolute atomic E-state index is 12.7. The Hall–Kier alpha value is -1.30. The van der Waals surface area contributed by atoms with Crippen molar-refractivity contribution in [2.45, 2.75) is 6.18 Å². The van der Waals surface area contributed by atoms with Crippen molar-refractivity contribution in [1.82, 2.24) is 0 Å². The lowest BCUT2D eigenvalue weighted by Gasteiger charge is -2.13. The van der Waals surface area contributed by atoms with Crippen molar-refractivity contribution >= 4 is 28.5 Å². The van der Waals surface area contributed by atoms with E-state index in [-0.39, 0.29) is 9.13 Å². The van der Waals surface area contributed by atoms with Crippen molar-refractivity contribution < 1.29 is 18.0 Å². The van der Waals surface area contributed by atoms with Gasteiger partial charge in [0.15, 0.2) is 0 Å². The summed E-state index contributed by atoms with van der Waals surface area (Å²) in [7, 11) is 0. The molecule has 1 aromatic rings. The summed E-state index contributed by atoms with van der Waals surface area (Å²) in [4.78, 5) is 11.0. The van der Waals surface area contributed by atoms with E-state index in [1.807, 2.05) is 0 Å². The number of primary amides is 1. The van der Waals surface area contributed by atoms with Crippen LogP contribution in [-0.4, -0.2) is 5.91 Å². The van der Waals surface area contributed by atoms with Gasteiger partial charge >= 0.3 is 6.18 Å². The topological polar surface area (TPSA) is 66.9 Å². The number of alkyl halides is 3. The second kappa shape index (κ2) is 4.29. The lowest BCUT2D eigenvalue weighted by Crippen LogP contribution is -2.21. The van der Waals surface area contributed by atoms with E-state index in [9.17, 15) is 18.0 Å². The van der Waals surface area contributed by atoms with E-state index in [2.05, 4.69) is 0 Å². The van der Waals surface area contributed by atoms with Gasteiger partial charge in [0.05, 0.1) is 22.8 Å². The first-order valence-electron chi connectivity index (χ1n) is 3.88. The first kappa shape index (κ1) is 12.8. The zero-order chi connectivity index (χ0) is 12.5. The maximum Gasteiger partial charge on any atom is 0.418 e. The summed E-state index contributed by atoms with van der Waals surface area (Å²) in [6, 6.07) is 3.77. The van der Waals surface area contributed by atoms with Gasteiger partial charge in [0.2, 0.25) is 0 Å². The van der Waals surface area contributed by atoms with Crippen molar-refractivity contribution in [1.29, 1.82) is 5.26 Å². The summed E-state index contributed by atoms with van der Waals surface area (Å²) >= 11 is 1.44. The van der Waals surface area contributed by atoms with E-state index in [0.717, 1.165) is 12.1 Å². The number of nitriles is 1. The number of hydrogen-bond acceptors (Lipinski definition) is 2. The van der Waals surface area contributed by atoms with Crippen LogP contribution < -0.4 is 5.73 Å². The number of carbonyl (C=O) groups excluding carboxylic acids is 1. The Kier molecular flexibility index (Phi) is 3.42. The van der Waals surface area contributed by atoms with Crippen LogP contribution in [0.15, 0.2) is 12.1 Å². The Morgan fingerprint density at radius 2 is 2.00 bits per heavy atom. The van der Waals surface area contributed by atoms with E-state index in [1.54, 1.807) is 0 Å². The fraction of sp³-hybridized carbons (Fsp3) is 0.111. The van der Waals surface area contributed by atoms with Gasteiger partial charge in [-0.15, -0.1) is 0 Å². The molecular formula is C9H4F3IN2O. The Morgan fingerprint density at radius 1 is 1.44 bits per heavy atom. The largest absolute Gasteiger partial charge is 0.418 e. The summed E-state index contributed by atoms with van der Waals surface area (Å²) < 4.78 is 37.8. The predicted molar refractivity (Wildman–Crippen MR) is 57.4 cm³/mol. The molecule has 7 heteroatoms. The van der Waals surface area contributed by atoms with Crippen molar-refractivity contribution in [3.8, 4) is 6.07 Å². The van der Waals surface area contributed by atoms with Crippen LogP contribution in [0.25, 0.3) is 0 Å². The maximum atomic E-state index is 12.7. The van der Waals surface area contributed by atoms with Gasteiger partial charge in [-0.25, -0.2) is 0 Å². The Labute approximate surface area is 102 Å². The molecule has 16 heavy (non-hydrogen) atoms. The van der Waals surface area contributed by atoms with E-state index in [4.69, 9.17) is 11.0 Å². The Balaban J connectivity index is 3.70. The van der Waals surface area contributed by atoms with Crippen LogP contribution in [0, 0.1) is 14.9 Å².